The van der Waals surface area contributed by atoms with E-state index in [9.17, 15) is 9.59 Å². The van der Waals surface area contributed by atoms with Crippen LogP contribution in [0.25, 0.3) is 22.4 Å². The number of nitrogens with zero attached hydrogens (tertiary/aromatic N) is 2. The maximum absolute atomic E-state index is 12.2. The SMILES string of the molecule is CC(C)C.CN(C(=O)OC(C)(C)C)c1ccc(C=CC=Cc2nc3ccc(OC=O)cc3s2)cc1. The van der Waals surface area contributed by atoms with E-state index < -0.39 is 5.60 Å². The molecule has 186 valence electrons. The van der Waals surface area contributed by atoms with Crippen LogP contribution < -0.4 is 9.64 Å². The molecule has 35 heavy (non-hydrogen) atoms. The Labute approximate surface area is 211 Å². The molecule has 1 amide bonds. The van der Waals surface area contributed by atoms with Crippen LogP contribution in [0.5, 0.6) is 5.75 Å². The number of allylic oxidation sites excluding steroid dienone is 2. The van der Waals surface area contributed by atoms with Crippen molar-refractivity contribution in [1.29, 1.82) is 0 Å². The molecular formula is C28H34N2O4S. The molecular weight excluding hydrogens is 460 g/mol. The van der Waals surface area contributed by atoms with Gasteiger partial charge in [0.2, 0.25) is 0 Å². The fourth-order valence-corrected chi connectivity index (χ4v) is 3.58. The van der Waals surface area contributed by atoms with E-state index in [2.05, 4.69) is 25.8 Å². The Kier molecular flexibility index (Phi) is 10.2. The van der Waals surface area contributed by atoms with Crippen LogP contribution in [-0.4, -0.2) is 30.2 Å². The number of carbonyl (C=O) groups excluding carboxylic acids is 2. The maximum Gasteiger partial charge on any atom is 0.414 e. The summed E-state index contributed by atoms with van der Waals surface area (Å²) in [6.07, 6.45) is 7.35. The Morgan fingerprint density at radius 2 is 1.66 bits per heavy atom. The molecule has 0 N–H and O–H groups in total. The van der Waals surface area contributed by atoms with Crippen molar-refractivity contribution in [2.45, 2.75) is 47.1 Å². The Morgan fingerprint density at radius 1 is 1.03 bits per heavy atom. The number of thiazole rings is 1. The predicted molar refractivity (Wildman–Crippen MR) is 146 cm³/mol. The highest BCUT2D eigenvalue weighted by Gasteiger charge is 2.20. The summed E-state index contributed by atoms with van der Waals surface area (Å²) in [5, 5.41) is 0.859. The van der Waals surface area contributed by atoms with Gasteiger partial charge >= 0.3 is 6.09 Å². The largest absolute Gasteiger partial charge is 0.443 e. The number of benzene rings is 2. The second kappa shape index (κ2) is 12.9. The average molecular weight is 495 g/mol. The third kappa shape index (κ3) is 9.74. The number of anilines is 1. The van der Waals surface area contributed by atoms with Gasteiger partial charge in [0, 0.05) is 18.8 Å². The lowest BCUT2D eigenvalue weighted by Gasteiger charge is -2.24. The Balaban J connectivity index is 0.00000100. The third-order valence-electron chi connectivity index (χ3n) is 4.15. The Morgan fingerprint density at radius 3 is 2.26 bits per heavy atom. The van der Waals surface area contributed by atoms with E-state index in [-0.39, 0.29) is 6.09 Å². The molecule has 7 heteroatoms. The molecule has 0 saturated carbocycles. The summed E-state index contributed by atoms with van der Waals surface area (Å²) in [7, 11) is 1.69. The number of hydrogen-bond donors (Lipinski definition) is 0. The van der Waals surface area contributed by atoms with Gasteiger partial charge in [-0.25, -0.2) is 9.78 Å². The lowest BCUT2D eigenvalue weighted by atomic mass is 10.2. The molecule has 0 unspecified atom stereocenters. The van der Waals surface area contributed by atoms with Crippen molar-refractivity contribution in [3.05, 3.63) is 65.2 Å². The molecule has 0 aliphatic rings. The smallest absolute Gasteiger partial charge is 0.414 e. The zero-order chi connectivity index (χ0) is 26.0. The molecule has 0 aliphatic carbocycles. The first-order valence-electron chi connectivity index (χ1n) is 11.4. The summed E-state index contributed by atoms with van der Waals surface area (Å²) in [6.45, 7) is 12.4. The van der Waals surface area contributed by atoms with Crippen LogP contribution in [0.2, 0.25) is 0 Å². The van der Waals surface area contributed by atoms with Crippen molar-refractivity contribution >= 4 is 52.0 Å². The number of aromatic nitrogens is 1. The molecule has 6 nitrogen and oxygen atoms in total. The topological polar surface area (TPSA) is 68.7 Å². The Hall–Kier alpha value is -3.45. The molecule has 0 aliphatic heterocycles. The summed E-state index contributed by atoms with van der Waals surface area (Å²) < 4.78 is 11.2. The molecule has 0 fully saturated rings. The van der Waals surface area contributed by atoms with Crippen molar-refractivity contribution in [1.82, 2.24) is 4.98 Å². The second-order valence-electron chi connectivity index (χ2n) is 9.48. The van der Waals surface area contributed by atoms with E-state index in [1.165, 1.54) is 16.2 Å². The minimum atomic E-state index is -0.533. The van der Waals surface area contributed by atoms with Gasteiger partial charge in [0.25, 0.3) is 6.47 Å². The van der Waals surface area contributed by atoms with Crippen LogP contribution in [-0.2, 0) is 9.53 Å². The molecule has 0 bridgehead atoms. The molecule has 0 spiro atoms. The second-order valence-corrected chi connectivity index (χ2v) is 10.5. The van der Waals surface area contributed by atoms with Crippen molar-refractivity contribution in [2.75, 3.05) is 11.9 Å². The molecule has 2 aromatic carbocycles. The highest BCUT2D eigenvalue weighted by atomic mass is 32.1. The van der Waals surface area contributed by atoms with Crippen LogP contribution in [0.1, 0.15) is 52.1 Å². The lowest BCUT2D eigenvalue weighted by molar-refractivity contribution is -0.120. The summed E-state index contributed by atoms with van der Waals surface area (Å²) in [6, 6.07) is 13.0. The van der Waals surface area contributed by atoms with Gasteiger partial charge in [-0.05, 0) is 62.6 Å². The van der Waals surface area contributed by atoms with Crippen LogP contribution in [0.15, 0.2) is 54.6 Å². The third-order valence-corrected chi connectivity index (χ3v) is 5.13. The quantitative estimate of drug-likeness (QED) is 0.261. The first kappa shape index (κ1) is 27.8. The van der Waals surface area contributed by atoms with E-state index in [0.717, 1.165) is 32.4 Å². The van der Waals surface area contributed by atoms with Gasteiger partial charge in [-0.3, -0.25) is 9.69 Å². The highest BCUT2D eigenvalue weighted by Crippen LogP contribution is 2.27. The van der Waals surface area contributed by atoms with Crippen molar-refractivity contribution in [3.63, 3.8) is 0 Å². The summed E-state index contributed by atoms with van der Waals surface area (Å²) >= 11 is 1.52. The number of hydrogen-bond acceptors (Lipinski definition) is 6. The van der Waals surface area contributed by atoms with Gasteiger partial charge in [0.1, 0.15) is 16.4 Å². The van der Waals surface area contributed by atoms with Gasteiger partial charge in [-0.15, -0.1) is 11.3 Å². The molecule has 1 aromatic heterocycles. The first-order valence-corrected chi connectivity index (χ1v) is 12.2. The van der Waals surface area contributed by atoms with Crippen LogP contribution in [0, 0.1) is 5.92 Å². The van der Waals surface area contributed by atoms with Gasteiger partial charge < -0.3 is 9.47 Å². The molecule has 1 heterocycles. The van der Waals surface area contributed by atoms with Crippen LogP contribution >= 0.6 is 11.3 Å². The minimum Gasteiger partial charge on any atom is -0.443 e. The van der Waals surface area contributed by atoms with E-state index in [4.69, 9.17) is 9.47 Å². The summed E-state index contributed by atoms with van der Waals surface area (Å²) in [5.74, 6) is 1.34. The van der Waals surface area contributed by atoms with E-state index in [0.29, 0.717) is 12.2 Å². The monoisotopic (exact) mass is 494 g/mol. The highest BCUT2D eigenvalue weighted by molar-refractivity contribution is 7.19. The lowest BCUT2D eigenvalue weighted by Crippen LogP contribution is -2.34. The standard InChI is InChI=1S/C24H24N2O4S.C4H10/c1-24(2,3)30-23(28)26(4)18-11-9-17(10-12-18)7-5-6-8-22-25-20-14-13-19(29-16-27)15-21(20)31-22;1-4(2)3/h5-16H,1-4H3;4H,1-3H3. The zero-order valence-corrected chi connectivity index (χ0v) is 22.3. The molecule has 0 saturated heterocycles. The fourth-order valence-electron chi connectivity index (χ4n) is 2.67. The first-order chi connectivity index (χ1) is 16.5. The van der Waals surface area contributed by atoms with Crippen LogP contribution in [0.3, 0.4) is 0 Å². The molecule has 3 rings (SSSR count). The van der Waals surface area contributed by atoms with Gasteiger partial charge in [-0.2, -0.15) is 0 Å². The number of ether oxygens (including phenoxy) is 2. The molecule has 0 radical (unpaired) electrons. The van der Waals surface area contributed by atoms with Crippen molar-refractivity contribution < 1.29 is 19.1 Å². The van der Waals surface area contributed by atoms with E-state index >= 15 is 0 Å². The normalized spacial score (nSPS) is 11.5. The average Bonchev–Trinajstić information content (AvgIpc) is 3.17. The molecule has 3 aromatic rings. The summed E-state index contributed by atoms with van der Waals surface area (Å²) in [4.78, 5) is 28.6. The maximum atomic E-state index is 12.2. The molecule has 0 atom stereocenters. The zero-order valence-electron chi connectivity index (χ0n) is 21.4. The summed E-state index contributed by atoms with van der Waals surface area (Å²) in [5.41, 5.74) is 2.09. The van der Waals surface area contributed by atoms with Gasteiger partial charge in [-0.1, -0.05) is 51.1 Å². The van der Waals surface area contributed by atoms with Crippen molar-refractivity contribution in [3.8, 4) is 5.75 Å². The number of amides is 1. The number of carbonyl (C=O) groups is 2. The number of rotatable bonds is 6. The minimum absolute atomic E-state index is 0.389. The Bertz CT molecular complexity index is 1170. The van der Waals surface area contributed by atoms with E-state index in [1.54, 1.807) is 19.2 Å². The fraction of sp³-hybridized carbons (Fsp3) is 0.321. The van der Waals surface area contributed by atoms with E-state index in [1.807, 2.05) is 75.4 Å². The van der Waals surface area contributed by atoms with Crippen LogP contribution in [0.4, 0.5) is 10.5 Å². The van der Waals surface area contributed by atoms with Crippen molar-refractivity contribution in [2.24, 2.45) is 5.92 Å². The number of fused-ring (bicyclic) bond motifs is 1. The predicted octanol–water partition coefficient (Wildman–Crippen LogP) is 7.59. The van der Waals surface area contributed by atoms with Gasteiger partial charge in [0.05, 0.1) is 10.2 Å². The van der Waals surface area contributed by atoms with Gasteiger partial charge in [0.15, 0.2) is 0 Å².